The Morgan fingerprint density at radius 2 is 2.33 bits per heavy atom. The van der Waals surface area contributed by atoms with Crippen LogP contribution in [-0.4, -0.2) is 35.1 Å². The summed E-state index contributed by atoms with van der Waals surface area (Å²) in [5.41, 5.74) is 3.89. The van der Waals surface area contributed by atoms with Gasteiger partial charge >= 0.3 is 0 Å². The van der Waals surface area contributed by atoms with Gasteiger partial charge in [0, 0.05) is 29.4 Å². The van der Waals surface area contributed by atoms with Crippen LogP contribution in [0, 0.1) is 0 Å². The van der Waals surface area contributed by atoms with E-state index in [0.717, 1.165) is 36.7 Å². The Bertz CT molecular complexity index is 1120. The number of carbonyl (C=O) groups is 1. The summed E-state index contributed by atoms with van der Waals surface area (Å²) in [6, 6.07) is -0.0534. The zero-order valence-corrected chi connectivity index (χ0v) is 13.6. The molecule has 0 aromatic heterocycles. The molecule has 3 bridgehead atoms. The smallest absolute Gasteiger partial charge is 0.223 e. The molecule has 118 valence electrons. The van der Waals surface area contributed by atoms with Gasteiger partial charge in [-0.2, -0.15) is 0 Å². The number of allylic oxidation sites excluding steroid dienone is 1. The Balaban J connectivity index is 1.81. The molecule has 3 atom stereocenters. The molecule has 6 aliphatic rings. The third-order valence-corrected chi connectivity index (χ3v) is 7.91. The number of carbonyl (C=O) groups excluding carboxylic acids is 1. The molecule has 1 aromatic rings. The molecule has 1 aromatic carbocycles. The summed E-state index contributed by atoms with van der Waals surface area (Å²) in [5, 5.41) is 16.9. The molecule has 5 aliphatic heterocycles. The summed E-state index contributed by atoms with van der Waals surface area (Å²) >= 11 is 1.77. The van der Waals surface area contributed by atoms with Gasteiger partial charge in [0.15, 0.2) is 5.75 Å². The van der Waals surface area contributed by atoms with E-state index in [-0.39, 0.29) is 28.4 Å². The number of nitrogens with zero attached hydrogens (tertiary/aromatic N) is 2. The van der Waals surface area contributed by atoms with Gasteiger partial charge in [0.05, 0.1) is 21.8 Å². The first-order chi connectivity index (χ1) is 11.7. The second kappa shape index (κ2) is 3.47. The van der Waals surface area contributed by atoms with Crippen LogP contribution < -0.4 is 20.5 Å². The summed E-state index contributed by atoms with van der Waals surface area (Å²) < 4.78 is 2.29. The van der Waals surface area contributed by atoms with Crippen LogP contribution >= 0.6 is 11.8 Å². The van der Waals surface area contributed by atoms with Gasteiger partial charge in [-0.15, -0.1) is 11.8 Å². The van der Waals surface area contributed by atoms with E-state index in [2.05, 4.69) is 14.9 Å². The third kappa shape index (κ3) is 1.06. The lowest BCUT2D eigenvalue weighted by molar-refractivity contribution is -0.118. The maximum atomic E-state index is 12.8. The molecule has 0 radical (unpaired) electrons. The number of benzene rings is 1. The van der Waals surface area contributed by atoms with Gasteiger partial charge in [-0.3, -0.25) is 9.79 Å². The van der Waals surface area contributed by atoms with Crippen LogP contribution in [0.4, 0.5) is 11.4 Å². The zero-order chi connectivity index (χ0) is 15.8. The van der Waals surface area contributed by atoms with Gasteiger partial charge < -0.3 is 10.4 Å². The Morgan fingerprint density at radius 3 is 3.25 bits per heavy atom. The van der Waals surface area contributed by atoms with Gasteiger partial charge in [-0.1, -0.05) is 0 Å². The molecule has 2 unspecified atom stereocenters. The molecule has 0 amide bonds. The summed E-state index contributed by atoms with van der Waals surface area (Å²) in [4.78, 5) is 18.5. The van der Waals surface area contributed by atoms with Crippen LogP contribution in [0.5, 0.6) is 5.75 Å². The van der Waals surface area contributed by atoms with E-state index in [1.165, 1.54) is 21.4 Å². The Kier molecular flexibility index (Phi) is 1.78. The number of hydrogen-bond donors (Lipinski definition) is 2. The van der Waals surface area contributed by atoms with E-state index < -0.39 is 0 Å². The van der Waals surface area contributed by atoms with Crippen LogP contribution in [0.25, 0.3) is 5.57 Å². The second-order valence-electron chi connectivity index (χ2n) is 7.57. The number of ketones is 1. The van der Waals surface area contributed by atoms with Gasteiger partial charge in [0.1, 0.15) is 12.2 Å². The molecule has 5 nitrogen and oxygen atoms in total. The predicted molar refractivity (Wildman–Crippen MR) is 92.4 cm³/mol. The minimum Gasteiger partial charge on any atom is -0.504 e. The Morgan fingerprint density at radius 1 is 1.42 bits per heavy atom. The summed E-state index contributed by atoms with van der Waals surface area (Å²) in [6.45, 7) is 0.858. The maximum Gasteiger partial charge on any atom is 0.223 e. The number of aromatic hydroxyl groups is 1. The lowest BCUT2D eigenvalue weighted by atomic mass is 9.64. The minimum atomic E-state index is -0.0854. The summed E-state index contributed by atoms with van der Waals surface area (Å²) in [5.74, 6) is 0.533. The quantitative estimate of drug-likeness (QED) is 0.536. The normalized spacial score (nSPS) is 35.3. The molecule has 24 heavy (non-hydrogen) atoms. The maximum absolute atomic E-state index is 12.8. The monoisotopic (exact) mass is 336 g/mol. The van der Waals surface area contributed by atoms with Crippen molar-refractivity contribution in [3.05, 3.63) is 27.1 Å². The first-order valence-corrected chi connectivity index (χ1v) is 9.35. The molecular formula is C18H14N3O2S+. The highest BCUT2D eigenvalue weighted by Crippen LogP contribution is 2.62. The van der Waals surface area contributed by atoms with Gasteiger partial charge in [0.25, 0.3) is 0 Å². The number of phenols is 1. The van der Waals surface area contributed by atoms with E-state index in [1.54, 1.807) is 11.8 Å². The number of anilines is 1. The average Bonchev–Trinajstić information content (AvgIpc) is 3.11. The van der Waals surface area contributed by atoms with Crippen LogP contribution in [-0.2, 0) is 10.2 Å². The van der Waals surface area contributed by atoms with E-state index in [9.17, 15) is 9.90 Å². The van der Waals surface area contributed by atoms with E-state index in [1.807, 2.05) is 12.3 Å². The highest BCUT2D eigenvalue weighted by molar-refractivity contribution is 8.04. The number of thioether (sulfide) groups is 1. The van der Waals surface area contributed by atoms with Crippen LogP contribution in [0.1, 0.15) is 24.8 Å². The molecule has 2 N–H and O–H groups in total. The molecule has 1 spiro atoms. The topological polar surface area (TPSA) is 64.7 Å². The molecule has 0 saturated carbocycles. The van der Waals surface area contributed by atoms with Gasteiger partial charge in [-0.25, -0.2) is 4.58 Å². The van der Waals surface area contributed by atoms with Gasteiger partial charge in [-0.05, 0) is 18.1 Å². The fourth-order valence-corrected chi connectivity index (χ4v) is 7.19. The predicted octanol–water partition coefficient (Wildman–Crippen LogP) is 0.519. The molecule has 5 heterocycles. The minimum absolute atomic E-state index is 0.0534. The lowest BCUT2D eigenvalue weighted by Gasteiger charge is -2.42. The van der Waals surface area contributed by atoms with E-state index in [4.69, 9.17) is 0 Å². The molecular weight excluding hydrogens is 322 g/mol. The first kappa shape index (κ1) is 12.3. The number of hydrogen-bond acceptors (Lipinski definition) is 5. The van der Waals surface area contributed by atoms with Crippen molar-refractivity contribution in [3.63, 3.8) is 0 Å². The fraction of sp³-hybridized carbons (Fsp3) is 0.389. The molecule has 6 heteroatoms. The van der Waals surface area contributed by atoms with Crippen molar-refractivity contribution in [3.8, 4) is 5.75 Å². The second-order valence-corrected chi connectivity index (χ2v) is 8.81. The van der Waals surface area contributed by atoms with Crippen molar-refractivity contribution in [1.29, 1.82) is 0 Å². The number of phenolic OH excluding ortho intramolecular Hbond substituents is 1. The van der Waals surface area contributed by atoms with Crippen LogP contribution in [0.15, 0.2) is 16.0 Å². The summed E-state index contributed by atoms with van der Waals surface area (Å²) in [6.07, 6.45) is 6.54. The SMILES string of the molecule is O=C1C=C2SC3C[C@@]24CC1[N+]1=c2c4c(c(O)c4c2=C(C=N4)CC1)N3. The van der Waals surface area contributed by atoms with Crippen molar-refractivity contribution in [2.24, 2.45) is 4.99 Å². The molecule has 1 aliphatic carbocycles. The number of fused-ring (bicyclic) bond motifs is 3. The van der Waals surface area contributed by atoms with E-state index in [0.29, 0.717) is 5.69 Å². The van der Waals surface area contributed by atoms with Crippen molar-refractivity contribution in [2.75, 3.05) is 11.9 Å². The Hall–Kier alpha value is -2.08. The van der Waals surface area contributed by atoms with Gasteiger partial charge in [0.2, 0.25) is 17.2 Å². The molecule has 7 rings (SSSR count). The third-order valence-electron chi connectivity index (χ3n) is 6.58. The van der Waals surface area contributed by atoms with Crippen molar-refractivity contribution >= 4 is 40.7 Å². The number of rotatable bonds is 0. The average molecular weight is 336 g/mol. The fourth-order valence-electron chi connectivity index (χ4n) is 5.66. The van der Waals surface area contributed by atoms with Crippen molar-refractivity contribution < 1.29 is 9.90 Å². The first-order valence-electron chi connectivity index (χ1n) is 8.47. The molecule has 1 fully saturated rings. The summed E-state index contributed by atoms with van der Waals surface area (Å²) in [7, 11) is 0. The van der Waals surface area contributed by atoms with Crippen molar-refractivity contribution in [2.45, 2.75) is 36.1 Å². The largest absolute Gasteiger partial charge is 0.504 e. The van der Waals surface area contributed by atoms with Crippen LogP contribution in [0.2, 0.25) is 0 Å². The molecule has 1 saturated heterocycles. The Labute approximate surface area is 141 Å². The number of aliphatic imine (C=N–C) groups is 1. The standard InChI is InChI=1S/C18H13N3O2S/c22-9-3-10-18-4-8(9)21-2-1-7-6-19-14-12(7)16(21)13(18)15(17(14)23)20-11(5-18)24-10/h3,6,8,11H,1-2,4-5H2,(H,19,20,23)/p+1/t8?,11?,18-/m0/s1. The number of nitrogens with one attached hydrogen (secondary N) is 1. The van der Waals surface area contributed by atoms with Crippen molar-refractivity contribution in [1.82, 2.24) is 4.58 Å². The zero-order valence-electron chi connectivity index (χ0n) is 12.8. The van der Waals surface area contributed by atoms with E-state index >= 15 is 0 Å². The highest BCUT2D eigenvalue weighted by Gasteiger charge is 2.61. The van der Waals surface area contributed by atoms with Crippen LogP contribution in [0.3, 0.4) is 0 Å². The highest BCUT2D eigenvalue weighted by atomic mass is 32.2. The lowest BCUT2D eigenvalue weighted by Crippen LogP contribution is -2.63.